The molecule has 1 heterocycles. The lowest BCUT2D eigenvalue weighted by atomic mass is 9.96. The number of carboxylic acid groups (broad SMARTS) is 1. The number of hydrogen-bond donors (Lipinski definition) is 1. The number of nitrogens with zero attached hydrogens (tertiary/aromatic N) is 1. The van der Waals surface area contributed by atoms with Gasteiger partial charge in [-0.1, -0.05) is 114 Å². The summed E-state index contributed by atoms with van der Waals surface area (Å²) in [6.07, 6.45) is 16.1. The lowest BCUT2D eigenvalue weighted by Gasteiger charge is -2.12. The number of para-hydroxylation sites is 1. The molecule has 0 aliphatic heterocycles. The van der Waals surface area contributed by atoms with Crippen molar-refractivity contribution >= 4 is 22.8 Å². The van der Waals surface area contributed by atoms with Crippen molar-refractivity contribution in [2.45, 2.75) is 97.3 Å². The number of carboxylic acids is 1. The Morgan fingerprint density at radius 3 is 2.05 bits per heavy atom. The number of esters is 1. The molecule has 0 saturated carbocycles. The summed E-state index contributed by atoms with van der Waals surface area (Å²) in [4.78, 5) is 28.4. The van der Waals surface area contributed by atoms with Crippen LogP contribution >= 0.6 is 0 Å². The van der Waals surface area contributed by atoms with Crippen LogP contribution in [0.25, 0.3) is 10.9 Å². The van der Waals surface area contributed by atoms with Crippen LogP contribution in [0.1, 0.15) is 117 Å². The first kappa shape index (κ1) is 31.0. The fourth-order valence-electron chi connectivity index (χ4n) is 4.47. The summed E-state index contributed by atoms with van der Waals surface area (Å²) in [7, 11) is 0. The molecule has 0 saturated heterocycles. The number of aromatic carboxylic acids is 1. The number of unbranched alkanes of at least 4 members (excludes halogenated alkanes) is 10. The molecule has 0 amide bonds. The van der Waals surface area contributed by atoms with Gasteiger partial charge in [0.05, 0.1) is 23.3 Å². The Hall–Kier alpha value is -3.21. The minimum atomic E-state index is -1.05. The van der Waals surface area contributed by atoms with Crippen LogP contribution in [0.2, 0.25) is 0 Å². The van der Waals surface area contributed by atoms with E-state index in [-0.39, 0.29) is 11.1 Å². The summed E-state index contributed by atoms with van der Waals surface area (Å²) in [5, 5.41) is 10.9. The van der Waals surface area contributed by atoms with E-state index >= 15 is 0 Å². The predicted octanol–water partition coefficient (Wildman–Crippen LogP) is 9.04. The molecule has 1 aromatic heterocycles. The SMILES string of the molecule is CCCCCCCCOC(=O)c1cccc(CCCCCCCC)c1C(=O)O.c1ccc2ncccc2c1. The first-order valence-electron chi connectivity index (χ1n) is 14.4. The highest BCUT2D eigenvalue weighted by atomic mass is 16.5. The van der Waals surface area contributed by atoms with Crippen molar-refractivity contribution < 1.29 is 19.4 Å². The van der Waals surface area contributed by atoms with Crippen molar-refractivity contribution in [2.24, 2.45) is 0 Å². The van der Waals surface area contributed by atoms with Crippen molar-refractivity contribution in [1.82, 2.24) is 4.98 Å². The van der Waals surface area contributed by atoms with E-state index < -0.39 is 11.9 Å². The van der Waals surface area contributed by atoms with Gasteiger partial charge in [0.25, 0.3) is 0 Å². The summed E-state index contributed by atoms with van der Waals surface area (Å²) in [6, 6.07) is 17.2. The van der Waals surface area contributed by atoms with Crippen molar-refractivity contribution in [1.29, 1.82) is 0 Å². The molecule has 0 aliphatic carbocycles. The van der Waals surface area contributed by atoms with Crippen molar-refractivity contribution in [3.8, 4) is 0 Å². The Morgan fingerprint density at radius 2 is 1.37 bits per heavy atom. The smallest absolute Gasteiger partial charge is 0.339 e. The number of fused-ring (bicyclic) bond motifs is 1. The Labute approximate surface area is 228 Å². The fourth-order valence-corrected chi connectivity index (χ4v) is 4.47. The molecular weight excluding hydrogens is 474 g/mol. The Kier molecular flexibility index (Phi) is 15.5. The number of carbonyl (C=O) groups is 2. The van der Waals surface area contributed by atoms with E-state index in [0.29, 0.717) is 13.0 Å². The number of aryl methyl sites for hydroxylation is 1. The van der Waals surface area contributed by atoms with Gasteiger partial charge in [-0.2, -0.15) is 0 Å². The second-order valence-corrected chi connectivity index (χ2v) is 9.76. The summed E-state index contributed by atoms with van der Waals surface area (Å²) in [6.45, 7) is 4.73. The van der Waals surface area contributed by atoms with Gasteiger partial charge in [0, 0.05) is 11.6 Å². The topological polar surface area (TPSA) is 76.5 Å². The van der Waals surface area contributed by atoms with Crippen LogP contribution in [0.3, 0.4) is 0 Å². The molecule has 3 rings (SSSR count). The third-order valence-electron chi connectivity index (χ3n) is 6.63. The molecule has 2 aromatic carbocycles. The van der Waals surface area contributed by atoms with E-state index in [0.717, 1.165) is 43.2 Å². The molecule has 0 spiro atoms. The molecule has 0 radical (unpaired) electrons. The Bertz CT molecular complexity index is 1030. The Balaban J connectivity index is 0.000000415. The van der Waals surface area contributed by atoms with Crippen LogP contribution in [-0.2, 0) is 11.2 Å². The summed E-state index contributed by atoms with van der Waals surface area (Å²) < 4.78 is 5.35. The fraction of sp³-hybridized carbons (Fsp3) is 0.485. The molecule has 206 valence electrons. The predicted molar refractivity (Wildman–Crippen MR) is 156 cm³/mol. The first-order valence-corrected chi connectivity index (χ1v) is 14.4. The number of rotatable bonds is 16. The van der Waals surface area contributed by atoms with Gasteiger partial charge in [0.2, 0.25) is 0 Å². The second-order valence-electron chi connectivity index (χ2n) is 9.76. The van der Waals surface area contributed by atoms with E-state index in [4.69, 9.17) is 4.74 Å². The van der Waals surface area contributed by atoms with Gasteiger partial charge in [-0.05, 0) is 43.0 Å². The number of aromatic nitrogens is 1. The van der Waals surface area contributed by atoms with Crippen LogP contribution in [0.5, 0.6) is 0 Å². The largest absolute Gasteiger partial charge is 0.478 e. The lowest BCUT2D eigenvalue weighted by Crippen LogP contribution is -2.15. The molecule has 0 unspecified atom stereocenters. The molecule has 3 aromatic rings. The molecule has 0 fully saturated rings. The van der Waals surface area contributed by atoms with E-state index in [1.54, 1.807) is 12.1 Å². The molecular formula is C33H45NO4. The number of carbonyl (C=O) groups excluding carboxylic acids is 1. The molecule has 1 N–H and O–H groups in total. The zero-order valence-electron chi connectivity index (χ0n) is 23.3. The van der Waals surface area contributed by atoms with Gasteiger partial charge in [-0.3, -0.25) is 4.98 Å². The average Bonchev–Trinajstić information content (AvgIpc) is 2.94. The molecule has 0 bridgehead atoms. The van der Waals surface area contributed by atoms with E-state index in [1.807, 2.05) is 36.5 Å². The van der Waals surface area contributed by atoms with Gasteiger partial charge < -0.3 is 9.84 Å². The van der Waals surface area contributed by atoms with E-state index in [2.05, 4.69) is 31.0 Å². The van der Waals surface area contributed by atoms with Crippen molar-refractivity contribution in [2.75, 3.05) is 6.61 Å². The number of benzene rings is 2. The quantitative estimate of drug-likeness (QED) is 0.151. The van der Waals surface area contributed by atoms with Crippen LogP contribution in [-0.4, -0.2) is 28.6 Å². The highest BCUT2D eigenvalue weighted by Gasteiger charge is 2.21. The second kappa shape index (κ2) is 18.9. The zero-order valence-corrected chi connectivity index (χ0v) is 23.3. The van der Waals surface area contributed by atoms with Crippen molar-refractivity contribution in [3.05, 3.63) is 77.5 Å². The van der Waals surface area contributed by atoms with Crippen LogP contribution in [0.4, 0.5) is 0 Å². The summed E-state index contributed by atoms with van der Waals surface area (Å²) >= 11 is 0. The highest BCUT2D eigenvalue weighted by molar-refractivity contribution is 6.03. The third kappa shape index (κ3) is 11.5. The normalized spacial score (nSPS) is 10.6. The summed E-state index contributed by atoms with van der Waals surface area (Å²) in [5.41, 5.74) is 2.09. The molecule has 0 atom stereocenters. The van der Waals surface area contributed by atoms with Crippen LogP contribution in [0, 0.1) is 0 Å². The van der Waals surface area contributed by atoms with Gasteiger partial charge in [0.15, 0.2) is 0 Å². The average molecular weight is 520 g/mol. The maximum atomic E-state index is 12.4. The van der Waals surface area contributed by atoms with E-state index in [1.165, 1.54) is 50.3 Å². The molecule has 38 heavy (non-hydrogen) atoms. The zero-order chi connectivity index (χ0) is 27.4. The van der Waals surface area contributed by atoms with Gasteiger partial charge >= 0.3 is 11.9 Å². The summed E-state index contributed by atoms with van der Waals surface area (Å²) in [5.74, 6) is -1.57. The Morgan fingerprint density at radius 1 is 0.737 bits per heavy atom. The van der Waals surface area contributed by atoms with Gasteiger partial charge in [-0.25, -0.2) is 9.59 Å². The van der Waals surface area contributed by atoms with Crippen molar-refractivity contribution in [3.63, 3.8) is 0 Å². The van der Waals surface area contributed by atoms with Crippen LogP contribution < -0.4 is 0 Å². The number of hydrogen-bond acceptors (Lipinski definition) is 4. The first-order chi connectivity index (χ1) is 18.6. The third-order valence-corrected chi connectivity index (χ3v) is 6.63. The van der Waals surface area contributed by atoms with Gasteiger partial charge in [-0.15, -0.1) is 0 Å². The van der Waals surface area contributed by atoms with Crippen LogP contribution in [0.15, 0.2) is 60.8 Å². The number of pyridine rings is 1. The maximum absolute atomic E-state index is 12.4. The minimum absolute atomic E-state index is 0.115. The standard InChI is InChI=1S/C24H38O4.C9H7N/c1-3-5-7-9-11-13-16-20-17-15-18-21(22(20)23(25)26)24(27)28-19-14-12-10-8-6-4-2;1-2-6-9-8(4-1)5-3-7-10-9/h15,17-18H,3-14,16,19H2,1-2H3,(H,25,26);1-7H. The molecule has 5 nitrogen and oxygen atoms in total. The molecule has 0 aliphatic rings. The molecule has 5 heteroatoms. The maximum Gasteiger partial charge on any atom is 0.339 e. The lowest BCUT2D eigenvalue weighted by molar-refractivity contribution is 0.0487. The highest BCUT2D eigenvalue weighted by Crippen LogP contribution is 2.20. The van der Waals surface area contributed by atoms with Gasteiger partial charge in [0.1, 0.15) is 0 Å². The number of ether oxygens (including phenoxy) is 1. The monoisotopic (exact) mass is 519 g/mol. The van der Waals surface area contributed by atoms with E-state index in [9.17, 15) is 14.7 Å². The minimum Gasteiger partial charge on any atom is -0.478 e.